The molecule has 0 unspecified atom stereocenters. The fourth-order valence-electron chi connectivity index (χ4n) is 8.41. The first-order valence-electron chi connectivity index (χ1n) is 17.1. The molecule has 11 heteroatoms. The Morgan fingerprint density at radius 2 is 1.22 bits per heavy atom. The Morgan fingerprint density at radius 1 is 0.700 bits per heavy atom. The van der Waals surface area contributed by atoms with E-state index in [1.807, 2.05) is 54.6 Å². The number of carbonyl (C=O) groups excluding carboxylic acids is 2. The molecule has 2 spiro atoms. The number of ketones is 1. The lowest BCUT2D eigenvalue weighted by Gasteiger charge is -2.48. The van der Waals surface area contributed by atoms with Crippen LogP contribution in [0.25, 0.3) is 33.6 Å². The van der Waals surface area contributed by atoms with Gasteiger partial charge in [0.25, 0.3) is 0 Å². The molecule has 1 saturated carbocycles. The van der Waals surface area contributed by atoms with Crippen molar-refractivity contribution in [3.63, 3.8) is 0 Å². The normalized spacial score (nSPS) is 19.4. The number of nitrogens with one attached hydrogen (secondary N) is 1. The number of methoxy groups -OCH3 is 2. The summed E-state index contributed by atoms with van der Waals surface area (Å²) in [5, 5.41) is 4.21. The Balaban J connectivity index is 1.01. The number of halogens is 2. The van der Waals surface area contributed by atoms with E-state index in [2.05, 4.69) is 21.2 Å². The van der Waals surface area contributed by atoms with E-state index < -0.39 is 0 Å². The van der Waals surface area contributed by atoms with Crippen molar-refractivity contribution in [2.75, 3.05) is 40.4 Å². The minimum absolute atomic E-state index is 0.0766. The predicted molar refractivity (Wildman–Crippen MR) is 193 cm³/mol. The average Bonchev–Trinajstić information content (AvgIpc) is 3.68. The summed E-state index contributed by atoms with van der Waals surface area (Å²) in [7, 11) is 3.27. The average molecular weight is 713 g/mol. The topological polar surface area (TPSA) is 96.9 Å². The molecule has 4 aliphatic rings. The zero-order valence-corrected chi connectivity index (χ0v) is 29.7. The smallest absolute Gasteiger partial charge is 0.220 e. The Labute approximate surface area is 301 Å². The van der Waals surface area contributed by atoms with Gasteiger partial charge in [-0.3, -0.25) is 19.4 Å². The summed E-state index contributed by atoms with van der Waals surface area (Å²) in [6.07, 6.45) is 3.91. The van der Waals surface area contributed by atoms with Gasteiger partial charge in [0.05, 0.1) is 41.2 Å². The third kappa shape index (κ3) is 6.04. The Kier molecular flexibility index (Phi) is 8.58. The lowest BCUT2D eigenvalue weighted by molar-refractivity contribution is -0.121. The molecule has 258 valence electrons. The molecule has 0 radical (unpaired) electrons. The number of ether oxygens (including phenoxy) is 2. The maximum Gasteiger partial charge on any atom is 0.220 e. The zero-order chi connectivity index (χ0) is 34.6. The number of hydrogen-bond acceptors (Lipinski definition) is 8. The summed E-state index contributed by atoms with van der Waals surface area (Å²) in [5.74, 6) is 1.64. The minimum Gasteiger partial charge on any atom is -0.481 e. The van der Waals surface area contributed by atoms with Gasteiger partial charge in [-0.1, -0.05) is 71.7 Å². The highest BCUT2D eigenvalue weighted by Crippen LogP contribution is 2.46. The van der Waals surface area contributed by atoms with Crippen LogP contribution in [0.5, 0.6) is 11.8 Å². The maximum atomic E-state index is 11.9. The quantitative estimate of drug-likeness (QED) is 0.202. The van der Waals surface area contributed by atoms with Crippen LogP contribution in [-0.2, 0) is 22.7 Å². The largest absolute Gasteiger partial charge is 0.481 e. The van der Waals surface area contributed by atoms with Crippen LogP contribution in [0.4, 0.5) is 0 Å². The van der Waals surface area contributed by atoms with Crippen LogP contribution in [0.15, 0.2) is 60.7 Å². The van der Waals surface area contributed by atoms with Crippen molar-refractivity contribution in [1.82, 2.24) is 25.1 Å². The molecule has 50 heavy (non-hydrogen) atoms. The standard InChI is InChI=1S/C39H39Cl2N5O4/c1-49-36-24(18-45-20-38(21-45)15-13-26(47)17-38)9-11-31(42-36)29-7-3-5-27(34(29)40)28-6-4-8-30(35(28)41)32-12-10-25(37(43-32)50-2)19-46-22-39(23-46)16-14-33(48)44-39/h3-12H,13-23H2,1-2H3,(H,44,48). The number of aromatic nitrogens is 2. The van der Waals surface area contributed by atoms with Crippen LogP contribution >= 0.6 is 23.2 Å². The van der Waals surface area contributed by atoms with Gasteiger partial charge in [0.2, 0.25) is 17.7 Å². The third-order valence-corrected chi connectivity index (χ3v) is 11.6. The van der Waals surface area contributed by atoms with Gasteiger partial charge >= 0.3 is 0 Å². The highest BCUT2D eigenvalue weighted by molar-refractivity contribution is 6.39. The number of nitrogens with zero attached hydrogens (tertiary/aromatic N) is 4. The SMILES string of the molecule is COc1nc(-c2cccc(-c3cccc(-c4ccc(CN5CC6(CCC(=O)N6)C5)c(OC)n4)c3Cl)c2Cl)ccc1CN1CC2(CCC(=O)C2)C1. The van der Waals surface area contributed by atoms with Gasteiger partial charge in [0.15, 0.2) is 0 Å². The summed E-state index contributed by atoms with van der Waals surface area (Å²) in [6.45, 7) is 4.93. The zero-order valence-electron chi connectivity index (χ0n) is 28.2. The fraction of sp³-hybridized carbons (Fsp3) is 0.385. The van der Waals surface area contributed by atoms with Gasteiger partial charge in [-0.25, -0.2) is 9.97 Å². The molecular formula is C39H39Cl2N5O4. The number of amides is 1. The van der Waals surface area contributed by atoms with Gasteiger partial charge in [0.1, 0.15) is 5.78 Å². The molecule has 1 aliphatic carbocycles. The highest BCUT2D eigenvalue weighted by atomic mass is 35.5. The molecule has 4 fully saturated rings. The van der Waals surface area contributed by atoms with Crippen molar-refractivity contribution in [1.29, 1.82) is 0 Å². The van der Waals surface area contributed by atoms with Crippen LogP contribution in [0.2, 0.25) is 10.0 Å². The van der Waals surface area contributed by atoms with Crippen LogP contribution in [0.3, 0.4) is 0 Å². The van der Waals surface area contributed by atoms with E-state index in [9.17, 15) is 9.59 Å². The summed E-state index contributed by atoms with van der Waals surface area (Å²) in [6, 6.07) is 19.8. The van der Waals surface area contributed by atoms with Crippen molar-refractivity contribution >= 4 is 34.9 Å². The van der Waals surface area contributed by atoms with Crippen LogP contribution in [-0.4, -0.2) is 77.4 Å². The van der Waals surface area contributed by atoms with Gasteiger partial charge in [-0.2, -0.15) is 0 Å². The minimum atomic E-state index is -0.0766. The van der Waals surface area contributed by atoms with E-state index >= 15 is 0 Å². The van der Waals surface area contributed by atoms with Crippen molar-refractivity contribution in [3.8, 4) is 45.4 Å². The third-order valence-electron chi connectivity index (χ3n) is 10.8. The second-order valence-electron chi connectivity index (χ2n) is 14.4. The first-order valence-corrected chi connectivity index (χ1v) is 17.9. The van der Waals surface area contributed by atoms with Crippen molar-refractivity contribution < 1.29 is 19.1 Å². The molecule has 0 bridgehead atoms. The van der Waals surface area contributed by atoms with Crippen molar-refractivity contribution in [3.05, 3.63) is 81.8 Å². The lowest BCUT2D eigenvalue weighted by Crippen LogP contribution is -2.66. The number of pyridine rings is 2. The fourth-order valence-corrected chi connectivity index (χ4v) is 9.06. The van der Waals surface area contributed by atoms with Crippen LogP contribution in [0, 0.1) is 5.41 Å². The number of carbonyl (C=O) groups is 2. The Hall–Kier alpha value is -4.02. The van der Waals surface area contributed by atoms with Gasteiger partial charge < -0.3 is 14.8 Å². The summed E-state index contributed by atoms with van der Waals surface area (Å²) in [4.78, 5) is 38.0. The number of hydrogen-bond donors (Lipinski definition) is 1. The highest BCUT2D eigenvalue weighted by Gasteiger charge is 2.48. The molecule has 3 aliphatic heterocycles. The van der Waals surface area contributed by atoms with Crippen molar-refractivity contribution in [2.45, 2.75) is 50.7 Å². The van der Waals surface area contributed by atoms with E-state index in [-0.39, 0.29) is 16.9 Å². The van der Waals surface area contributed by atoms with E-state index in [4.69, 9.17) is 42.6 Å². The second-order valence-corrected chi connectivity index (χ2v) is 15.2. The van der Waals surface area contributed by atoms with E-state index in [0.29, 0.717) is 64.8 Å². The Bertz CT molecular complexity index is 1860. The van der Waals surface area contributed by atoms with Crippen molar-refractivity contribution in [2.24, 2.45) is 5.41 Å². The predicted octanol–water partition coefficient (Wildman–Crippen LogP) is 6.82. The van der Waals surface area contributed by atoms with E-state index in [1.165, 1.54) is 0 Å². The molecule has 9 nitrogen and oxygen atoms in total. The summed E-state index contributed by atoms with van der Waals surface area (Å²) >= 11 is 14.3. The molecular weight excluding hydrogens is 673 g/mol. The summed E-state index contributed by atoms with van der Waals surface area (Å²) < 4.78 is 11.5. The van der Waals surface area contributed by atoms with Gasteiger partial charge in [0, 0.05) is 97.3 Å². The van der Waals surface area contributed by atoms with E-state index in [1.54, 1.807) is 14.2 Å². The summed E-state index contributed by atoms with van der Waals surface area (Å²) in [5.41, 5.74) is 6.59. The molecule has 5 heterocycles. The van der Waals surface area contributed by atoms with Gasteiger partial charge in [-0.15, -0.1) is 0 Å². The maximum absolute atomic E-state index is 11.9. The molecule has 2 aromatic carbocycles. The molecule has 3 saturated heterocycles. The van der Waals surface area contributed by atoms with Crippen LogP contribution < -0.4 is 14.8 Å². The van der Waals surface area contributed by atoms with Crippen LogP contribution in [0.1, 0.15) is 43.2 Å². The molecule has 0 atom stereocenters. The first kappa shape index (κ1) is 33.1. The number of benzene rings is 2. The first-order chi connectivity index (χ1) is 24.2. The molecule has 2 aromatic heterocycles. The molecule has 1 amide bonds. The van der Waals surface area contributed by atoms with Gasteiger partial charge in [-0.05, 0) is 25.0 Å². The number of rotatable bonds is 9. The molecule has 8 rings (SSSR count). The Morgan fingerprint density at radius 3 is 1.68 bits per heavy atom. The molecule has 4 aromatic rings. The van der Waals surface area contributed by atoms with E-state index in [0.717, 1.165) is 78.9 Å². The number of likely N-dealkylation sites (tertiary alicyclic amines) is 2. The monoisotopic (exact) mass is 711 g/mol. The lowest BCUT2D eigenvalue weighted by atomic mass is 9.78. The number of Topliss-reactive ketones (excluding diaryl/α,β-unsaturated/α-hetero) is 1. The molecule has 1 N–H and O–H groups in total. The second kappa shape index (κ2) is 12.9.